The lowest BCUT2D eigenvalue weighted by atomic mass is 9.77. The van der Waals surface area contributed by atoms with Crippen LogP contribution >= 0.6 is 0 Å². The second-order valence-corrected chi connectivity index (χ2v) is 10.0. The van der Waals surface area contributed by atoms with Gasteiger partial charge in [-0.05, 0) is 75.3 Å². The normalized spacial score (nSPS) is 20.7. The standard InChI is InChI=1S/C27H29N3O3/c1-4-27(33)19-12-22-25-18(13-30(22)26(32)16(19)8-11-23(27)31)15-6-5-7-17-20(28-14(2)3)9-10-21(29-25)24(15)17/h9-10,12,14,28,33H,4-8,11,13H2,1-3H3/t27-/m0/s1. The fourth-order valence-corrected chi connectivity index (χ4v) is 6.15. The molecule has 0 radical (unpaired) electrons. The van der Waals surface area contributed by atoms with Crippen LogP contribution in [0.4, 0.5) is 5.69 Å². The van der Waals surface area contributed by atoms with Crippen LogP contribution in [0, 0.1) is 0 Å². The monoisotopic (exact) mass is 443 g/mol. The summed E-state index contributed by atoms with van der Waals surface area (Å²) < 4.78 is 1.80. The minimum Gasteiger partial charge on any atom is -0.383 e. The van der Waals surface area contributed by atoms with Gasteiger partial charge in [0.15, 0.2) is 5.78 Å². The van der Waals surface area contributed by atoms with E-state index in [0.717, 1.165) is 41.7 Å². The first kappa shape index (κ1) is 20.6. The number of hydrogen-bond acceptors (Lipinski definition) is 5. The number of carbonyl (C=O) groups excluding carboxylic acids is 1. The van der Waals surface area contributed by atoms with E-state index in [0.29, 0.717) is 30.1 Å². The minimum atomic E-state index is -1.58. The van der Waals surface area contributed by atoms with E-state index in [1.54, 1.807) is 11.5 Å². The van der Waals surface area contributed by atoms with Crippen LogP contribution < -0.4 is 10.9 Å². The molecule has 6 nitrogen and oxygen atoms in total. The van der Waals surface area contributed by atoms with E-state index >= 15 is 0 Å². The van der Waals surface area contributed by atoms with Crippen molar-refractivity contribution < 1.29 is 9.90 Å². The molecule has 0 saturated heterocycles. The number of nitrogens with one attached hydrogen (secondary N) is 1. The lowest BCUT2D eigenvalue weighted by Gasteiger charge is -2.32. The van der Waals surface area contributed by atoms with Gasteiger partial charge >= 0.3 is 0 Å². The molecule has 0 fully saturated rings. The van der Waals surface area contributed by atoms with Crippen molar-refractivity contribution in [1.82, 2.24) is 9.55 Å². The molecule has 3 heterocycles. The summed E-state index contributed by atoms with van der Waals surface area (Å²) in [6.07, 6.45) is 3.93. The first-order chi connectivity index (χ1) is 15.8. The molecule has 2 aliphatic carbocycles. The van der Waals surface area contributed by atoms with Gasteiger partial charge in [-0.25, -0.2) is 4.98 Å². The highest BCUT2D eigenvalue weighted by Crippen LogP contribution is 2.43. The highest BCUT2D eigenvalue weighted by molar-refractivity contribution is 5.95. The zero-order chi connectivity index (χ0) is 23.1. The maximum absolute atomic E-state index is 13.5. The van der Waals surface area contributed by atoms with Crippen molar-refractivity contribution in [3.63, 3.8) is 0 Å². The van der Waals surface area contributed by atoms with Gasteiger partial charge in [-0.2, -0.15) is 0 Å². The number of aromatic nitrogens is 2. The second-order valence-electron chi connectivity index (χ2n) is 10.0. The molecule has 1 aromatic carbocycles. The summed E-state index contributed by atoms with van der Waals surface area (Å²) in [6.45, 7) is 6.60. The quantitative estimate of drug-likeness (QED) is 0.503. The van der Waals surface area contributed by atoms with Gasteiger partial charge < -0.3 is 15.0 Å². The Morgan fingerprint density at radius 2 is 1.88 bits per heavy atom. The van der Waals surface area contributed by atoms with Crippen molar-refractivity contribution in [2.75, 3.05) is 5.32 Å². The van der Waals surface area contributed by atoms with Gasteiger partial charge in [-0.1, -0.05) is 6.92 Å². The first-order valence-corrected chi connectivity index (χ1v) is 12.1. The molecule has 6 rings (SSSR count). The molecule has 0 unspecified atom stereocenters. The van der Waals surface area contributed by atoms with Crippen LogP contribution in [0.2, 0.25) is 0 Å². The van der Waals surface area contributed by atoms with Crippen LogP contribution in [0.25, 0.3) is 22.3 Å². The van der Waals surface area contributed by atoms with Crippen LogP contribution in [0.5, 0.6) is 0 Å². The highest BCUT2D eigenvalue weighted by atomic mass is 16.3. The van der Waals surface area contributed by atoms with E-state index < -0.39 is 5.60 Å². The van der Waals surface area contributed by atoms with Crippen molar-refractivity contribution in [1.29, 1.82) is 0 Å². The van der Waals surface area contributed by atoms with Crippen LogP contribution in [-0.2, 0) is 36.2 Å². The number of Topliss-reactive ketones (excluding diaryl/α,β-unsaturated/α-hetero) is 1. The Labute approximate surface area is 192 Å². The molecular formula is C27H29N3O3. The Hall–Kier alpha value is -2.99. The molecule has 170 valence electrons. The molecule has 2 aromatic heterocycles. The van der Waals surface area contributed by atoms with E-state index in [1.807, 2.05) is 6.07 Å². The molecule has 1 aliphatic heterocycles. The zero-order valence-electron chi connectivity index (χ0n) is 19.4. The molecular weight excluding hydrogens is 414 g/mol. The largest absolute Gasteiger partial charge is 0.383 e. The molecule has 2 N–H and O–H groups in total. The SMILES string of the molecule is CC[C@@]1(O)C(=O)CCc2c1cc1n(c2=O)Cc2c-1nc1ccc(NC(C)C)c3c1c2CCC3. The fraction of sp³-hybridized carbons (Fsp3) is 0.444. The molecule has 3 aliphatic rings. The van der Waals surface area contributed by atoms with Crippen LogP contribution in [0.1, 0.15) is 67.9 Å². The number of carbonyl (C=O) groups is 1. The molecule has 0 amide bonds. The number of aliphatic hydroxyl groups is 1. The van der Waals surface area contributed by atoms with Gasteiger partial charge in [0.25, 0.3) is 5.56 Å². The summed E-state index contributed by atoms with van der Waals surface area (Å²) in [6, 6.07) is 6.41. The molecule has 0 spiro atoms. The van der Waals surface area contributed by atoms with Gasteiger partial charge in [-0.3, -0.25) is 9.59 Å². The van der Waals surface area contributed by atoms with Crippen LogP contribution in [0.15, 0.2) is 23.0 Å². The predicted molar refractivity (Wildman–Crippen MR) is 129 cm³/mol. The van der Waals surface area contributed by atoms with Crippen molar-refractivity contribution in [2.45, 2.75) is 77.5 Å². The first-order valence-electron chi connectivity index (χ1n) is 12.1. The van der Waals surface area contributed by atoms with Gasteiger partial charge in [-0.15, -0.1) is 0 Å². The molecule has 3 aromatic rings. The molecule has 0 bridgehead atoms. The summed E-state index contributed by atoms with van der Waals surface area (Å²) in [5, 5.41) is 16.0. The Balaban J connectivity index is 1.61. The maximum atomic E-state index is 13.5. The van der Waals surface area contributed by atoms with E-state index in [2.05, 4.69) is 31.3 Å². The number of rotatable bonds is 3. The number of fused-ring (bicyclic) bond motifs is 5. The molecule has 6 heteroatoms. The third-order valence-corrected chi connectivity index (χ3v) is 7.75. The van der Waals surface area contributed by atoms with Crippen LogP contribution in [-0.4, -0.2) is 26.5 Å². The number of aryl methyl sites for hydroxylation is 2. The third-order valence-electron chi connectivity index (χ3n) is 7.75. The van der Waals surface area contributed by atoms with Crippen molar-refractivity contribution >= 4 is 22.4 Å². The highest BCUT2D eigenvalue weighted by Gasteiger charge is 2.43. The van der Waals surface area contributed by atoms with Crippen molar-refractivity contribution in [3.05, 3.63) is 56.4 Å². The number of hydrogen-bond donors (Lipinski definition) is 2. The number of benzene rings is 1. The average molecular weight is 444 g/mol. The van der Waals surface area contributed by atoms with E-state index in [9.17, 15) is 14.7 Å². The van der Waals surface area contributed by atoms with E-state index in [1.165, 1.54) is 22.2 Å². The number of nitrogens with zero attached hydrogens (tertiary/aromatic N) is 2. The van der Waals surface area contributed by atoms with Gasteiger partial charge in [0.1, 0.15) is 5.60 Å². The van der Waals surface area contributed by atoms with Crippen LogP contribution in [0.3, 0.4) is 0 Å². The lowest BCUT2D eigenvalue weighted by Crippen LogP contribution is -2.43. The summed E-state index contributed by atoms with van der Waals surface area (Å²) in [5.41, 5.74) is 6.82. The lowest BCUT2D eigenvalue weighted by molar-refractivity contribution is -0.140. The van der Waals surface area contributed by atoms with Gasteiger partial charge in [0.2, 0.25) is 0 Å². The third kappa shape index (κ3) is 2.73. The Kier molecular flexibility index (Phi) is 4.37. The minimum absolute atomic E-state index is 0.0886. The summed E-state index contributed by atoms with van der Waals surface area (Å²) in [4.78, 5) is 31.2. The van der Waals surface area contributed by atoms with E-state index in [4.69, 9.17) is 4.98 Å². The molecule has 33 heavy (non-hydrogen) atoms. The maximum Gasteiger partial charge on any atom is 0.254 e. The smallest absolute Gasteiger partial charge is 0.254 e. The zero-order valence-corrected chi connectivity index (χ0v) is 19.4. The summed E-state index contributed by atoms with van der Waals surface area (Å²) >= 11 is 0. The average Bonchev–Trinajstić information content (AvgIpc) is 3.17. The Morgan fingerprint density at radius 3 is 2.64 bits per heavy atom. The predicted octanol–water partition coefficient (Wildman–Crippen LogP) is 3.85. The Morgan fingerprint density at radius 1 is 1.09 bits per heavy atom. The Bertz CT molecular complexity index is 1420. The summed E-state index contributed by atoms with van der Waals surface area (Å²) in [7, 11) is 0. The number of anilines is 1. The number of pyridine rings is 2. The second kappa shape index (κ2) is 7.00. The fourth-order valence-electron chi connectivity index (χ4n) is 6.15. The van der Waals surface area contributed by atoms with Crippen molar-refractivity contribution in [2.24, 2.45) is 0 Å². The topological polar surface area (TPSA) is 84.2 Å². The van der Waals surface area contributed by atoms with E-state index in [-0.39, 0.29) is 24.2 Å². The van der Waals surface area contributed by atoms with Crippen molar-refractivity contribution in [3.8, 4) is 11.4 Å². The van der Waals surface area contributed by atoms with Gasteiger partial charge in [0, 0.05) is 40.2 Å². The number of ketones is 1. The van der Waals surface area contributed by atoms with Gasteiger partial charge in [0.05, 0.1) is 23.4 Å². The molecule has 0 saturated carbocycles. The summed E-state index contributed by atoms with van der Waals surface area (Å²) in [5.74, 6) is -0.198. The molecule has 1 atom stereocenters.